The van der Waals surface area contributed by atoms with Crippen LogP contribution in [0.5, 0.6) is 0 Å². The van der Waals surface area contributed by atoms with Gasteiger partial charge in [-0.15, -0.1) is 0 Å². The molecule has 172 valence electrons. The molecule has 3 aromatic carbocycles. The molecular weight excluding hydrogens is 448 g/mol. The van der Waals surface area contributed by atoms with Gasteiger partial charge in [0.15, 0.2) is 12.3 Å². The molecule has 9 heteroatoms. The molecule has 1 heterocycles. The van der Waals surface area contributed by atoms with Crippen molar-refractivity contribution in [3.05, 3.63) is 83.4 Å². The Morgan fingerprint density at radius 1 is 0.939 bits per heavy atom. The molecule has 2 unspecified atom stereocenters. The highest BCUT2D eigenvalue weighted by molar-refractivity contribution is 6.14. The zero-order valence-electron chi connectivity index (χ0n) is 17.1. The SMILES string of the molecule is CN1c2c(cc(C(=O)C(F)(F)F)c3ccccc23)C(C(F)(F)F)OC1/C=C/c1ccccc1. The Labute approximate surface area is 184 Å². The third kappa shape index (κ3) is 4.32. The van der Waals surface area contributed by atoms with Crippen LogP contribution in [0.25, 0.3) is 16.8 Å². The summed E-state index contributed by atoms with van der Waals surface area (Å²) in [6.45, 7) is 0. The monoisotopic (exact) mass is 465 g/mol. The molecule has 0 radical (unpaired) electrons. The number of anilines is 1. The molecule has 0 N–H and O–H groups in total. The average molecular weight is 465 g/mol. The topological polar surface area (TPSA) is 29.5 Å². The Balaban J connectivity index is 1.92. The second kappa shape index (κ2) is 8.22. The third-order valence-corrected chi connectivity index (χ3v) is 5.39. The highest BCUT2D eigenvalue weighted by Crippen LogP contribution is 2.49. The van der Waals surface area contributed by atoms with Gasteiger partial charge in [0.2, 0.25) is 0 Å². The second-order valence-corrected chi connectivity index (χ2v) is 7.56. The minimum absolute atomic E-state index is 0.0561. The number of hydrogen-bond acceptors (Lipinski definition) is 3. The maximum atomic E-state index is 14.0. The van der Waals surface area contributed by atoms with Crippen molar-refractivity contribution in [1.82, 2.24) is 0 Å². The molecule has 0 fully saturated rings. The molecule has 0 amide bonds. The molecule has 1 aliphatic rings. The summed E-state index contributed by atoms with van der Waals surface area (Å²) >= 11 is 0. The number of ketones is 1. The molecule has 33 heavy (non-hydrogen) atoms. The molecule has 3 aromatic rings. The molecule has 0 aromatic heterocycles. The predicted octanol–water partition coefficient (Wildman–Crippen LogP) is 6.69. The number of rotatable bonds is 3. The van der Waals surface area contributed by atoms with Gasteiger partial charge in [-0.1, -0.05) is 60.7 Å². The molecule has 0 bridgehead atoms. The number of likely N-dealkylation sites (N-methyl/N-ethyl adjacent to an activating group) is 1. The predicted molar refractivity (Wildman–Crippen MR) is 112 cm³/mol. The van der Waals surface area contributed by atoms with Crippen LogP contribution < -0.4 is 4.90 Å². The van der Waals surface area contributed by atoms with E-state index in [9.17, 15) is 31.1 Å². The fourth-order valence-corrected chi connectivity index (χ4v) is 3.93. The van der Waals surface area contributed by atoms with Crippen LogP contribution in [0.1, 0.15) is 27.6 Å². The van der Waals surface area contributed by atoms with Crippen LogP contribution in [0.3, 0.4) is 0 Å². The maximum absolute atomic E-state index is 14.0. The van der Waals surface area contributed by atoms with Gasteiger partial charge in [0.1, 0.15) is 0 Å². The van der Waals surface area contributed by atoms with E-state index >= 15 is 0 Å². The summed E-state index contributed by atoms with van der Waals surface area (Å²) in [5.74, 6) is -2.21. The molecular formula is C24H17F6NO2. The molecule has 2 atom stereocenters. The van der Waals surface area contributed by atoms with Gasteiger partial charge in [-0.2, -0.15) is 26.3 Å². The first kappa shape index (κ1) is 22.8. The summed E-state index contributed by atoms with van der Waals surface area (Å²) in [4.78, 5) is 13.5. The Morgan fingerprint density at radius 2 is 1.55 bits per heavy atom. The van der Waals surface area contributed by atoms with E-state index in [1.54, 1.807) is 36.4 Å². The standard InChI is InChI=1S/C24H17F6NO2/c1-31-19(12-11-14-7-3-2-4-8-14)33-22(24(28,29)30)18-13-17(21(32)23(25,26)27)15-9-5-6-10-16(15)20(18)31/h2-13,19,22H,1H3/b12-11+. The second-order valence-electron chi connectivity index (χ2n) is 7.56. The van der Waals surface area contributed by atoms with Crippen LogP contribution in [0.15, 0.2) is 66.7 Å². The van der Waals surface area contributed by atoms with E-state index in [-0.39, 0.29) is 16.5 Å². The van der Waals surface area contributed by atoms with Gasteiger partial charge < -0.3 is 9.64 Å². The van der Waals surface area contributed by atoms with E-state index in [1.165, 1.54) is 42.3 Å². The number of alkyl halides is 6. The van der Waals surface area contributed by atoms with Gasteiger partial charge in [0.25, 0.3) is 5.78 Å². The van der Waals surface area contributed by atoms with Gasteiger partial charge in [-0.05, 0) is 23.1 Å². The Morgan fingerprint density at radius 3 is 2.15 bits per heavy atom. The zero-order valence-corrected chi connectivity index (χ0v) is 17.1. The van der Waals surface area contributed by atoms with E-state index in [0.29, 0.717) is 6.07 Å². The van der Waals surface area contributed by atoms with Gasteiger partial charge in [-0.3, -0.25) is 4.79 Å². The lowest BCUT2D eigenvalue weighted by molar-refractivity contribution is -0.234. The summed E-state index contributed by atoms with van der Waals surface area (Å²) in [7, 11) is 1.49. The molecule has 0 aliphatic carbocycles. The molecule has 0 spiro atoms. The Bertz CT molecular complexity index is 1220. The largest absolute Gasteiger partial charge is 0.454 e. The summed E-state index contributed by atoms with van der Waals surface area (Å²) < 4.78 is 86.8. The number of benzene rings is 3. The normalized spacial score (nSPS) is 19.2. The van der Waals surface area contributed by atoms with Crippen LogP contribution in [0.4, 0.5) is 32.0 Å². The average Bonchev–Trinajstić information content (AvgIpc) is 2.76. The molecule has 4 rings (SSSR count). The van der Waals surface area contributed by atoms with Gasteiger partial charge in [0, 0.05) is 23.6 Å². The number of hydrogen-bond donors (Lipinski definition) is 0. The Kier molecular flexibility index (Phi) is 5.69. The number of carbonyl (C=O) groups excluding carboxylic acids is 1. The van der Waals surface area contributed by atoms with E-state index in [4.69, 9.17) is 4.74 Å². The van der Waals surface area contributed by atoms with Gasteiger partial charge in [-0.25, -0.2) is 0 Å². The lowest BCUT2D eigenvalue weighted by atomic mass is 9.91. The molecule has 0 saturated heterocycles. The fourth-order valence-electron chi connectivity index (χ4n) is 3.93. The van der Waals surface area contributed by atoms with E-state index < -0.39 is 41.6 Å². The minimum atomic E-state index is -5.24. The van der Waals surface area contributed by atoms with Crippen molar-refractivity contribution < 1.29 is 35.9 Å². The minimum Gasteiger partial charge on any atom is -0.345 e. The first-order chi connectivity index (χ1) is 15.5. The van der Waals surface area contributed by atoms with Crippen LogP contribution in [-0.2, 0) is 4.74 Å². The van der Waals surface area contributed by atoms with Crippen LogP contribution in [0.2, 0.25) is 0 Å². The van der Waals surface area contributed by atoms with Crippen molar-refractivity contribution in [3.63, 3.8) is 0 Å². The molecule has 3 nitrogen and oxygen atoms in total. The third-order valence-electron chi connectivity index (χ3n) is 5.39. The van der Waals surface area contributed by atoms with Crippen molar-refractivity contribution in [1.29, 1.82) is 0 Å². The Hall–Kier alpha value is -3.33. The zero-order chi connectivity index (χ0) is 24.0. The quantitative estimate of drug-likeness (QED) is 0.319. The molecule has 1 aliphatic heterocycles. The van der Waals surface area contributed by atoms with Crippen molar-refractivity contribution in [2.24, 2.45) is 0 Å². The van der Waals surface area contributed by atoms with Crippen LogP contribution >= 0.6 is 0 Å². The fraction of sp³-hybridized carbons (Fsp3) is 0.208. The smallest absolute Gasteiger partial charge is 0.345 e. The number of nitrogens with zero attached hydrogens (tertiary/aromatic N) is 1. The summed E-state index contributed by atoms with van der Waals surface area (Å²) in [6, 6.07) is 15.1. The van der Waals surface area contributed by atoms with Gasteiger partial charge >= 0.3 is 12.4 Å². The van der Waals surface area contributed by atoms with E-state index in [1.807, 2.05) is 0 Å². The van der Waals surface area contributed by atoms with Gasteiger partial charge in [0.05, 0.1) is 5.69 Å². The number of halogens is 6. The summed E-state index contributed by atoms with van der Waals surface area (Å²) in [5.41, 5.74) is -0.595. The van der Waals surface area contributed by atoms with Crippen LogP contribution in [-0.4, -0.2) is 31.4 Å². The number of fused-ring (bicyclic) bond motifs is 3. The number of Topliss-reactive ketones (excluding diaryl/α,β-unsaturated/α-hetero) is 1. The summed E-state index contributed by atoms with van der Waals surface area (Å²) in [6.07, 6.45) is -10.8. The maximum Gasteiger partial charge on any atom is 0.454 e. The van der Waals surface area contributed by atoms with Crippen molar-refractivity contribution in [2.45, 2.75) is 24.7 Å². The number of carbonyl (C=O) groups is 1. The van der Waals surface area contributed by atoms with E-state index in [0.717, 1.165) is 5.56 Å². The first-order valence-corrected chi connectivity index (χ1v) is 9.84. The highest BCUT2D eigenvalue weighted by atomic mass is 19.4. The van der Waals surface area contributed by atoms with E-state index in [2.05, 4.69) is 0 Å². The first-order valence-electron chi connectivity index (χ1n) is 9.84. The molecule has 0 saturated carbocycles. The number of ether oxygens (including phenoxy) is 1. The van der Waals surface area contributed by atoms with Crippen molar-refractivity contribution >= 4 is 28.3 Å². The summed E-state index contributed by atoms with van der Waals surface area (Å²) in [5, 5.41) is 0.0137. The van der Waals surface area contributed by atoms with Crippen molar-refractivity contribution in [2.75, 3.05) is 11.9 Å². The lowest BCUT2D eigenvalue weighted by Crippen LogP contribution is -2.43. The lowest BCUT2D eigenvalue weighted by Gasteiger charge is -2.40. The highest BCUT2D eigenvalue weighted by Gasteiger charge is 2.49. The van der Waals surface area contributed by atoms with Crippen molar-refractivity contribution in [3.8, 4) is 0 Å². The van der Waals surface area contributed by atoms with Crippen LogP contribution in [0, 0.1) is 0 Å².